The largest absolute Gasteiger partial charge is 0.505 e. The van der Waals surface area contributed by atoms with Gasteiger partial charge in [0, 0.05) is 0 Å². The molecule has 0 fully saturated rings. The third kappa shape index (κ3) is 3.16. The standard InChI is InChI=1S/C16H18F2N2O2/c1-3-6-12-15(21)14(11-8-5-4-7-10(11)2)16(22)20(19-12)9-13(17)18/h4-5,7-8,13,21H,3,6,9H2,1-2H3. The van der Waals surface area contributed by atoms with Crippen LogP contribution in [0.3, 0.4) is 0 Å². The van der Waals surface area contributed by atoms with Crippen LogP contribution in [-0.4, -0.2) is 21.3 Å². The summed E-state index contributed by atoms with van der Waals surface area (Å²) in [5.74, 6) is -0.216. The van der Waals surface area contributed by atoms with E-state index in [2.05, 4.69) is 5.10 Å². The molecule has 1 N–H and O–H groups in total. The minimum Gasteiger partial charge on any atom is -0.505 e. The Balaban J connectivity index is 2.73. The van der Waals surface area contributed by atoms with Crippen molar-refractivity contribution in [2.24, 2.45) is 0 Å². The Kier molecular flexibility index (Phi) is 4.90. The first-order valence-corrected chi connectivity index (χ1v) is 7.12. The number of alkyl halides is 2. The highest BCUT2D eigenvalue weighted by Crippen LogP contribution is 2.30. The molecule has 1 heterocycles. The zero-order valence-electron chi connectivity index (χ0n) is 12.5. The van der Waals surface area contributed by atoms with Crippen molar-refractivity contribution in [3.8, 4) is 16.9 Å². The van der Waals surface area contributed by atoms with Gasteiger partial charge in [0.2, 0.25) is 0 Å². The number of aryl methyl sites for hydroxylation is 2. The summed E-state index contributed by atoms with van der Waals surface area (Å²) < 4.78 is 26.1. The fourth-order valence-corrected chi connectivity index (χ4v) is 2.37. The molecule has 22 heavy (non-hydrogen) atoms. The summed E-state index contributed by atoms with van der Waals surface area (Å²) in [6.45, 7) is 2.90. The zero-order valence-corrected chi connectivity index (χ0v) is 12.5. The molecule has 0 aliphatic carbocycles. The van der Waals surface area contributed by atoms with Crippen molar-refractivity contribution >= 4 is 0 Å². The topological polar surface area (TPSA) is 55.1 Å². The van der Waals surface area contributed by atoms with Gasteiger partial charge in [-0.3, -0.25) is 4.79 Å². The Morgan fingerprint density at radius 2 is 2.00 bits per heavy atom. The van der Waals surface area contributed by atoms with Gasteiger partial charge >= 0.3 is 0 Å². The summed E-state index contributed by atoms with van der Waals surface area (Å²) in [5, 5.41) is 14.3. The Hall–Kier alpha value is -2.24. The Bertz CT molecular complexity index is 727. The maximum absolute atomic E-state index is 12.7. The monoisotopic (exact) mass is 308 g/mol. The lowest BCUT2D eigenvalue weighted by atomic mass is 10.00. The minimum absolute atomic E-state index is 0.0391. The van der Waals surface area contributed by atoms with Crippen molar-refractivity contribution < 1.29 is 13.9 Å². The summed E-state index contributed by atoms with van der Waals surface area (Å²) in [6.07, 6.45) is -1.59. The molecule has 1 aromatic carbocycles. The molecule has 0 unspecified atom stereocenters. The Labute approximate surface area is 127 Å². The number of hydrogen-bond acceptors (Lipinski definition) is 3. The van der Waals surface area contributed by atoms with E-state index in [0.29, 0.717) is 18.4 Å². The van der Waals surface area contributed by atoms with E-state index in [1.54, 1.807) is 25.1 Å². The van der Waals surface area contributed by atoms with Crippen LogP contribution in [0.15, 0.2) is 29.1 Å². The van der Waals surface area contributed by atoms with Crippen LogP contribution in [0, 0.1) is 6.92 Å². The van der Waals surface area contributed by atoms with Crippen LogP contribution in [0.25, 0.3) is 11.1 Å². The van der Waals surface area contributed by atoms with Gasteiger partial charge in [-0.15, -0.1) is 0 Å². The summed E-state index contributed by atoms with van der Waals surface area (Å²) in [4.78, 5) is 12.4. The van der Waals surface area contributed by atoms with Gasteiger partial charge in [-0.05, 0) is 24.5 Å². The van der Waals surface area contributed by atoms with Crippen molar-refractivity contribution in [2.75, 3.05) is 0 Å². The third-order valence-electron chi connectivity index (χ3n) is 3.41. The van der Waals surface area contributed by atoms with E-state index in [4.69, 9.17) is 0 Å². The van der Waals surface area contributed by atoms with Crippen molar-refractivity contribution in [2.45, 2.75) is 39.7 Å². The van der Waals surface area contributed by atoms with E-state index < -0.39 is 18.5 Å². The van der Waals surface area contributed by atoms with E-state index in [9.17, 15) is 18.7 Å². The molecule has 118 valence electrons. The molecule has 6 heteroatoms. The molecule has 2 rings (SSSR count). The molecule has 2 aromatic rings. The van der Waals surface area contributed by atoms with E-state index in [-0.39, 0.29) is 17.0 Å². The lowest BCUT2D eigenvalue weighted by Crippen LogP contribution is -2.28. The summed E-state index contributed by atoms with van der Waals surface area (Å²) in [5.41, 5.74) is 0.921. The fourth-order valence-electron chi connectivity index (χ4n) is 2.37. The predicted octanol–water partition coefficient (Wildman–Crippen LogP) is 3.14. The van der Waals surface area contributed by atoms with Gasteiger partial charge in [0.05, 0.1) is 5.56 Å². The van der Waals surface area contributed by atoms with Gasteiger partial charge < -0.3 is 5.11 Å². The van der Waals surface area contributed by atoms with Gasteiger partial charge in [0.15, 0.2) is 5.75 Å². The second-order valence-corrected chi connectivity index (χ2v) is 5.11. The average molecular weight is 308 g/mol. The van der Waals surface area contributed by atoms with E-state index >= 15 is 0 Å². The molecule has 0 spiro atoms. The van der Waals surface area contributed by atoms with Crippen LogP contribution in [0.1, 0.15) is 24.6 Å². The summed E-state index contributed by atoms with van der Waals surface area (Å²) >= 11 is 0. The lowest BCUT2D eigenvalue weighted by Gasteiger charge is -2.14. The van der Waals surface area contributed by atoms with E-state index in [0.717, 1.165) is 10.2 Å². The van der Waals surface area contributed by atoms with Crippen molar-refractivity contribution in [3.05, 3.63) is 45.9 Å². The van der Waals surface area contributed by atoms with Crippen LogP contribution in [0.2, 0.25) is 0 Å². The smallest absolute Gasteiger partial charge is 0.278 e. The maximum Gasteiger partial charge on any atom is 0.278 e. The highest BCUT2D eigenvalue weighted by Gasteiger charge is 2.20. The molecule has 4 nitrogen and oxygen atoms in total. The van der Waals surface area contributed by atoms with E-state index in [1.807, 2.05) is 13.0 Å². The highest BCUT2D eigenvalue weighted by molar-refractivity contribution is 5.72. The zero-order chi connectivity index (χ0) is 16.3. The predicted molar refractivity (Wildman–Crippen MR) is 80.3 cm³/mol. The number of aromatic hydroxyl groups is 1. The number of benzene rings is 1. The number of rotatable bonds is 5. The van der Waals surface area contributed by atoms with Crippen LogP contribution in [0.5, 0.6) is 5.75 Å². The first kappa shape index (κ1) is 16.1. The molecule has 0 atom stereocenters. The second kappa shape index (κ2) is 6.68. The maximum atomic E-state index is 12.7. The van der Waals surface area contributed by atoms with Crippen LogP contribution in [-0.2, 0) is 13.0 Å². The number of hydrogen-bond donors (Lipinski definition) is 1. The van der Waals surface area contributed by atoms with Gasteiger partial charge in [-0.25, -0.2) is 13.5 Å². The van der Waals surface area contributed by atoms with Gasteiger partial charge in [-0.1, -0.05) is 37.6 Å². The average Bonchev–Trinajstić information content (AvgIpc) is 2.46. The second-order valence-electron chi connectivity index (χ2n) is 5.11. The summed E-state index contributed by atoms with van der Waals surface area (Å²) in [7, 11) is 0. The van der Waals surface area contributed by atoms with Crippen LogP contribution in [0.4, 0.5) is 8.78 Å². The highest BCUT2D eigenvalue weighted by atomic mass is 19.3. The van der Waals surface area contributed by atoms with Crippen molar-refractivity contribution in [3.63, 3.8) is 0 Å². The van der Waals surface area contributed by atoms with Crippen molar-refractivity contribution in [1.82, 2.24) is 9.78 Å². The Morgan fingerprint density at radius 3 is 2.59 bits per heavy atom. The molecule has 0 radical (unpaired) electrons. The third-order valence-corrected chi connectivity index (χ3v) is 3.41. The molecule has 0 aliphatic heterocycles. The minimum atomic E-state index is -2.69. The SMILES string of the molecule is CCCc1nn(CC(F)F)c(=O)c(-c2ccccc2C)c1O. The fraction of sp³-hybridized carbons (Fsp3) is 0.375. The first-order valence-electron chi connectivity index (χ1n) is 7.12. The number of halogens is 2. The van der Waals surface area contributed by atoms with Crippen LogP contribution < -0.4 is 5.56 Å². The normalized spacial score (nSPS) is 11.1. The molecular formula is C16H18F2N2O2. The summed E-state index contributed by atoms with van der Waals surface area (Å²) in [6, 6.07) is 7.03. The van der Waals surface area contributed by atoms with Gasteiger partial charge in [0.1, 0.15) is 12.2 Å². The van der Waals surface area contributed by atoms with Crippen LogP contribution >= 0.6 is 0 Å². The number of aromatic nitrogens is 2. The first-order chi connectivity index (χ1) is 10.5. The molecular weight excluding hydrogens is 290 g/mol. The van der Waals surface area contributed by atoms with E-state index in [1.165, 1.54) is 0 Å². The van der Waals surface area contributed by atoms with Crippen molar-refractivity contribution in [1.29, 1.82) is 0 Å². The molecule has 0 saturated carbocycles. The molecule has 1 aromatic heterocycles. The molecule has 0 saturated heterocycles. The molecule has 0 aliphatic rings. The van der Waals surface area contributed by atoms with Gasteiger partial charge in [0.25, 0.3) is 12.0 Å². The molecule has 0 amide bonds. The molecule has 0 bridgehead atoms. The quantitative estimate of drug-likeness (QED) is 0.923. The number of nitrogens with zero attached hydrogens (tertiary/aromatic N) is 2. The van der Waals surface area contributed by atoms with Gasteiger partial charge in [-0.2, -0.15) is 5.10 Å². The Morgan fingerprint density at radius 1 is 1.32 bits per heavy atom. The lowest BCUT2D eigenvalue weighted by molar-refractivity contribution is 0.119.